The summed E-state index contributed by atoms with van der Waals surface area (Å²) in [5.74, 6) is -3.69. The van der Waals surface area contributed by atoms with Crippen molar-refractivity contribution in [1.82, 2.24) is 4.90 Å². The van der Waals surface area contributed by atoms with Crippen molar-refractivity contribution < 1.29 is 88.4 Å². The quantitative estimate of drug-likeness (QED) is 0.344. The molecule has 1 aromatic carbocycles. The van der Waals surface area contributed by atoms with Gasteiger partial charge in [-0.1, -0.05) is 26.0 Å². The van der Waals surface area contributed by atoms with E-state index in [1.807, 2.05) is 0 Å². The van der Waals surface area contributed by atoms with Gasteiger partial charge in [-0.15, -0.1) is 0 Å². The largest absolute Gasteiger partial charge is 1.00 e. The molecule has 0 atom stereocenters. The third kappa shape index (κ3) is 7.30. The van der Waals surface area contributed by atoms with Crippen LogP contribution in [0, 0.1) is 5.92 Å². The molecule has 7 nitrogen and oxygen atoms in total. The van der Waals surface area contributed by atoms with Gasteiger partial charge in [-0.05, 0) is 41.2 Å². The minimum Gasteiger partial charge on any atom is -0.545 e. The molecule has 0 N–H and O–H groups in total. The van der Waals surface area contributed by atoms with Crippen LogP contribution in [-0.2, 0) is 20.7 Å². The van der Waals surface area contributed by atoms with Crippen molar-refractivity contribution in [2.24, 2.45) is 5.92 Å². The van der Waals surface area contributed by atoms with Crippen molar-refractivity contribution in [2.75, 3.05) is 26.3 Å². The molecular weight excluding hydrogens is 384 g/mol. The van der Waals surface area contributed by atoms with E-state index in [1.54, 1.807) is 43.0 Å². The molecule has 0 saturated carbocycles. The number of carbonyl (C=O) groups is 3. The van der Waals surface area contributed by atoms with Crippen LogP contribution < -0.4 is 69.3 Å². The second-order valence-electron chi connectivity index (χ2n) is 6.40. The Morgan fingerprint density at radius 3 is 1.96 bits per heavy atom. The molecule has 1 amide bonds. The predicted octanol–water partition coefficient (Wildman–Crippen LogP) is -6.84. The third-order valence-electron chi connectivity index (χ3n) is 4.25. The van der Waals surface area contributed by atoms with E-state index in [4.69, 9.17) is 4.74 Å². The van der Waals surface area contributed by atoms with Gasteiger partial charge >= 0.3 is 59.1 Å². The second-order valence-corrected chi connectivity index (χ2v) is 6.40. The number of carboxylic acids is 2. The minimum absolute atomic E-state index is 0. The maximum atomic E-state index is 12.4. The van der Waals surface area contributed by atoms with E-state index >= 15 is 0 Å². The van der Waals surface area contributed by atoms with Crippen LogP contribution in [0.2, 0.25) is 0 Å². The number of nitrogens with zero attached hydrogens (tertiary/aromatic N) is 1. The van der Waals surface area contributed by atoms with Crippen molar-refractivity contribution in [2.45, 2.75) is 20.3 Å². The molecule has 9 heteroatoms. The van der Waals surface area contributed by atoms with Gasteiger partial charge in [0.2, 0.25) is 0 Å². The van der Waals surface area contributed by atoms with E-state index in [-0.39, 0.29) is 82.6 Å². The molecule has 0 bridgehead atoms. The molecule has 1 aliphatic rings. The van der Waals surface area contributed by atoms with Gasteiger partial charge in [0.25, 0.3) is 5.91 Å². The van der Waals surface area contributed by atoms with Gasteiger partial charge in [0.1, 0.15) is 0 Å². The fraction of sp³-hybridized carbons (Fsp3) is 0.421. The molecule has 1 aliphatic heterocycles. The number of benzene rings is 1. The molecule has 28 heavy (non-hydrogen) atoms. The average Bonchev–Trinajstić information content (AvgIpc) is 2.61. The normalized spacial score (nSPS) is 14.5. The van der Waals surface area contributed by atoms with Gasteiger partial charge in [0.05, 0.1) is 25.2 Å². The monoisotopic (exact) mass is 405 g/mol. The van der Waals surface area contributed by atoms with E-state index in [9.17, 15) is 24.6 Å². The zero-order valence-electron chi connectivity index (χ0n) is 16.8. The van der Waals surface area contributed by atoms with Gasteiger partial charge in [-0.3, -0.25) is 4.79 Å². The van der Waals surface area contributed by atoms with Crippen LogP contribution >= 0.6 is 0 Å². The fourth-order valence-corrected chi connectivity index (χ4v) is 2.90. The smallest absolute Gasteiger partial charge is 0.545 e. The first-order chi connectivity index (χ1) is 12.3. The number of aliphatic carboxylic acids is 2. The van der Waals surface area contributed by atoms with E-state index in [0.29, 0.717) is 37.4 Å². The fourth-order valence-electron chi connectivity index (χ4n) is 2.90. The molecule has 1 heterocycles. The summed E-state index contributed by atoms with van der Waals surface area (Å²) in [6.45, 7) is 5.23. The van der Waals surface area contributed by atoms with Crippen LogP contribution in [0.25, 0.3) is 0 Å². The summed E-state index contributed by atoms with van der Waals surface area (Å²) in [4.78, 5) is 36.8. The summed E-state index contributed by atoms with van der Waals surface area (Å²) in [5.41, 5.74) is 0.464. The van der Waals surface area contributed by atoms with Crippen LogP contribution in [-0.4, -0.2) is 49.0 Å². The van der Waals surface area contributed by atoms with Gasteiger partial charge in [0.15, 0.2) is 0 Å². The van der Waals surface area contributed by atoms with E-state index in [2.05, 4.69) is 0 Å². The molecule has 1 fully saturated rings. The molecule has 0 unspecified atom stereocenters. The molecule has 0 radical (unpaired) electrons. The summed E-state index contributed by atoms with van der Waals surface area (Å²) in [6.07, 6.45) is -0.115. The maximum absolute atomic E-state index is 12.4. The van der Waals surface area contributed by atoms with E-state index < -0.39 is 17.9 Å². The predicted molar refractivity (Wildman–Crippen MR) is 88.7 cm³/mol. The third-order valence-corrected chi connectivity index (χ3v) is 4.25. The maximum Gasteiger partial charge on any atom is 1.00 e. The topological polar surface area (TPSA) is 110 Å². The SMILES string of the molecule is CC(C)/C(C(=O)[O-])=C(\Cc1ccc(C(=O)N2CCOCC2)cc1)C(=O)[O-].[Na+].[Na+]. The number of morpholine rings is 1. The minimum atomic E-state index is -1.54. The van der Waals surface area contributed by atoms with Crippen LogP contribution in [0.15, 0.2) is 35.4 Å². The number of carbonyl (C=O) groups excluding carboxylic acids is 3. The molecule has 0 spiro atoms. The Morgan fingerprint density at radius 2 is 1.54 bits per heavy atom. The van der Waals surface area contributed by atoms with Crippen LogP contribution in [0.1, 0.15) is 29.8 Å². The standard InChI is InChI=1S/C19H23NO6.2Na/c1-12(2)16(19(24)25)15(18(22)23)11-13-3-5-14(6-4-13)17(21)20-7-9-26-10-8-20;;/h3-6,12H,7-11H2,1-2H3,(H,22,23)(H,24,25);;/q;2*+1/p-2/b16-15-;;. The summed E-state index contributed by atoms with van der Waals surface area (Å²) in [5, 5.41) is 22.7. The summed E-state index contributed by atoms with van der Waals surface area (Å²) >= 11 is 0. The van der Waals surface area contributed by atoms with E-state index in [0.717, 1.165) is 0 Å². The summed E-state index contributed by atoms with van der Waals surface area (Å²) in [6, 6.07) is 6.44. The average molecular weight is 405 g/mol. The van der Waals surface area contributed by atoms with Crippen LogP contribution in [0.4, 0.5) is 0 Å². The number of hydrogen-bond acceptors (Lipinski definition) is 6. The summed E-state index contributed by atoms with van der Waals surface area (Å²) < 4.78 is 5.22. The van der Waals surface area contributed by atoms with Crippen molar-refractivity contribution in [3.63, 3.8) is 0 Å². The molecular formula is C19H21NNa2O6. The zero-order valence-corrected chi connectivity index (χ0v) is 20.8. The zero-order chi connectivity index (χ0) is 19.3. The van der Waals surface area contributed by atoms with Crippen molar-refractivity contribution in [3.05, 3.63) is 46.5 Å². The van der Waals surface area contributed by atoms with Gasteiger partial charge in [0, 0.05) is 18.7 Å². The Bertz CT molecular complexity index is 724. The first-order valence-electron chi connectivity index (χ1n) is 8.43. The van der Waals surface area contributed by atoms with Crippen molar-refractivity contribution in [1.29, 1.82) is 0 Å². The first kappa shape index (κ1) is 27.3. The molecule has 2 rings (SSSR count). The van der Waals surface area contributed by atoms with Crippen LogP contribution in [0.3, 0.4) is 0 Å². The van der Waals surface area contributed by atoms with Gasteiger partial charge < -0.3 is 29.4 Å². The second kappa shape index (κ2) is 12.8. The van der Waals surface area contributed by atoms with Gasteiger partial charge in [-0.25, -0.2) is 0 Å². The number of ether oxygens (including phenoxy) is 1. The van der Waals surface area contributed by atoms with Crippen LogP contribution in [0.5, 0.6) is 0 Å². The summed E-state index contributed by atoms with van der Waals surface area (Å²) in [7, 11) is 0. The molecule has 1 saturated heterocycles. The van der Waals surface area contributed by atoms with Crippen molar-refractivity contribution >= 4 is 17.8 Å². The Hall–Kier alpha value is -0.670. The molecule has 0 aromatic heterocycles. The Balaban J connectivity index is 0.00000364. The Labute approximate surface area is 208 Å². The van der Waals surface area contributed by atoms with Crippen molar-refractivity contribution in [3.8, 4) is 0 Å². The molecule has 140 valence electrons. The van der Waals surface area contributed by atoms with Gasteiger partial charge in [-0.2, -0.15) is 0 Å². The molecule has 1 aromatic rings. The Morgan fingerprint density at radius 1 is 1.00 bits per heavy atom. The number of hydrogen-bond donors (Lipinski definition) is 0. The number of amides is 1. The first-order valence-corrected chi connectivity index (χ1v) is 8.43. The van der Waals surface area contributed by atoms with E-state index in [1.165, 1.54) is 0 Å². The number of carboxylic acid groups (broad SMARTS) is 2. The molecule has 0 aliphatic carbocycles. The number of rotatable bonds is 6. The Kier molecular flexibility index (Phi) is 12.5.